The Bertz CT molecular complexity index is 745. The summed E-state index contributed by atoms with van der Waals surface area (Å²) in [7, 11) is 0. The van der Waals surface area contributed by atoms with E-state index in [0.29, 0.717) is 5.89 Å². The third kappa shape index (κ3) is 2.18. The first-order valence-corrected chi connectivity index (χ1v) is 6.54. The van der Waals surface area contributed by atoms with Crippen molar-refractivity contribution in [2.75, 3.05) is 5.73 Å². The minimum atomic E-state index is 0.636. The van der Waals surface area contributed by atoms with Crippen LogP contribution in [0.5, 0.6) is 0 Å². The average molecular weight is 264 g/mol. The Hall–Kier alpha value is -2.55. The molecule has 0 fully saturated rings. The van der Waals surface area contributed by atoms with E-state index >= 15 is 0 Å². The van der Waals surface area contributed by atoms with Crippen LogP contribution < -0.4 is 5.73 Å². The smallest absolute Gasteiger partial charge is 0.226 e. The Kier molecular flexibility index (Phi) is 3.03. The number of hydrogen-bond acceptors (Lipinski definition) is 3. The maximum absolute atomic E-state index is 5.97. The van der Waals surface area contributed by atoms with E-state index in [9.17, 15) is 0 Å². The van der Waals surface area contributed by atoms with Gasteiger partial charge in [0.15, 0.2) is 0 Å². The summed E-state index contributed by atoms with van der Waals surface area (Å²) in [5.41, 5.74) is 10.6. The highest BCUT2D eigenvalue weighted by Gasteiger charge is 2.13. The topological polar surface area (TPSA) is 52.0 Å². The van der Waals surface area contributed by atoms with Crippen molar-refractivity contribution in [2.24, 2.45) is 0 Å². The Morgan fingerprint density at radius 1 is 0.950 bits per heavy atom. The summed E-state index contributed by atoms with van der Waals surface area (Å²) >= 11 is 0. The number of aryl methyl sites for hydroxylation is 2. The summed E-state index contributed by atoms with van der Waals surface area (Å²) in [5.74, 6) is 1.43. The van der Waals surface area contributed by atoms with Gasteiger partial charge in [-0.1, -0.05) is 30.3 Å². The lowest BCUT2D eigenvalue weighted by atomic mass is 10.1. The average Bonchev–Trinajstić information content (AvgIpc) is 2.85. The molecule has 100 valence electrons. The van der Waals surface area contributed by atoms with Crippen molar-refractivity contribution < 1.29 is 4.42 Å². The van der Waals surface area contributed by atoms with Crippen LogP contribution in [0.15, 0.2) is 52.9 Å². The van der Waals surface area contributed by atoms with E-state index in [1.165, 1.54) is 0 Å². The van der Waals surface area contributed by atoms with Crippen molar-refractivity contribution in [3.8, 4) is 22.7 Å². The van der Waals surface area contributed by atoms with E-state index in [1.807, 2.05) is 62.4 Å². The maximum Gasteiger partial charge on any atom is 0.226 e. The molecule has 0 atom stereocenters. The molecule has 2 N–H and O–H groups in total. The zero-order valence-electron chi connectivity index (χ0n) is 11.6. The zero-order valence-corrected chi connectivity index (χ0v) is 11.6. The van der Waals surface area contributed by atoms with Crippen LogP contribution in [-0.2, 0) is 0 Å². The fourth-order valence-corrected chi connectivity index (χ4v) is 2.16. The Morgan fingerprint density at radius 2 is 1.70 bits per heavy atom. The Morgan fingerprint density at radius 3 is 2.40 bits per heavy atom. The molecule has 3 nitrogen and oxygen atoms in total. The molecular weight excluding hydrogens is 248 g/mol. The minimum absolute atomic E-state index is 0.636. The first-order chi connectivity index (χ1) is 9.65. The maximum atomic E-state index is 5.97. The van der Waals surface area contributed by atoms with Crippen molar-refractivity contribution in [3.05, 3.63) is 59.9 Å². The lowest BCUT2D eigenvalue weighted by molar-refractivity contribution is 0.543. The number of rotatable bonds is 2. The van der Waals surface area contributed by atoms with Crippen molar-refractivity contribution >= 4 is 5.69 Å². The molecule has 0 bridgehead atoms. The molecule has 2 aromatic carbocycles. The van der Waals surface area contributed by atoms with Gasteiger partial charge in [-0.15, -0.1) is 0 Å². The Labute approximate surface area is 118 Å². The first-order valence-electron chi connectivity index (χ1n) is 6.54. The molecule has 3 heteroatoms. The molecule has 0 saturated heterocycles. The van der Waals surface area contributed by atoms with Crippen LogP contribution in [0.1, 0.15) is 11.3 Å². The van der Waals surface area contributed by atoms with Gasteiger partial charge in [-0.3, -0.25) is 0 Å². The summed E-state index contributed by atoms with van der Waals surface area (Å²) in [6, 6.07) is 15.8. The van der Waals surface area contributed by atoms with Crippen molar-refractivity contribution in [2.45, 2.75) is 13.8 Å². The van der Waals surface area contributed by atoms with E-state index < -0.39 is 0 Å². The molecule has 0 aliphatic carbocycles. The van der Waals surface area contributed by atoms with Gasteiger partial charge in [-0.25, -0.2) is 4.98 Å². The third-order valence-corrected chi connectivity index (χ3v) is 3.37. The van der Waals surface area contributed by atoms with E-state index in [2.05, 4.69) is 4.98 Å². The van der Waals surface area contributed by atoms with Crippen LogP contribution >= 0.6 is 0 Å². The van der Waals surface area contributed by atoms with Crippen LogP contribution in [0.3, 0.4) is 0 Å². The van der Waals surface area contributed by atoms with Crippen LogP contribution in [0.2, 0.25) is 0 Å². The second kappa shape index (κ2) is 4.85. The Balaban J connectivity index is 2.07. The number of nitrogens with two attached hydrogens (primary N) is 1. The molecule has 0 aliphatic rings. The van der Waals surface area contributed by atoms with E-state index in [0.717, 1.165) is 33.8 Å². The quantitative estimate of drug-likeness (QED) is 0.705. The van der Waals surface area contributed by atoms with Gasteiger partial charge in [-0.2, -0.15) is 0 Å². The molecule has 0 saturated carbocycles. The number of nitrogens with zero attached hydrogens (tertiary/aromatic N) is 1. The van der Waals surface area contributed by atoms with Crippen molar-refractivity contribution in [1.29, 1.82) is 0 Å². The zero-order chi connectivity index (χ0) is 14.1. The summed E-state index contributed by atoms with van der Waals surface area (Å²) in [4.78, 5) is 4.60. The molecule has 3 rings (SSSR count). The van der Waals surface area contributed by atoms with Gasteiger partial charge in [0, 0.05) is 16.8 Å². The molecule has 0 radical (unpaired) electrons. The summed E-state index contributed by atoms with van der Waals surface area (Å²) in [6.45, 7) is 3.91. The predicted octanol–water partition coefficient (Wildman–Crippen LogP) is 4.21. The van der Waals surface area contributed by atoms with Gasteiger partial charge in [0.05, 0.1) is 0 Å². The molecule has 3 aromatic rings. The van der Waals surface area contributed by atoms with Gasteiger partial charge in [0.2, 0.25) is 5.89 Å². The number of nitrogen functional groups attached to an aromatic ring is 1. The normalized spacial score (nSPS) is 10.7. The number of hydrogen-bond donors (Lipinski definition) is 1. The number of aromatic nitrogens is 1. The lowest BCUT2D eigenvalue weighted by Crippen LogP contribution is -1.90. The van der Waals surface area contributed by atoms with Crippen LogP contribution in [0.4, 0.5) is 5.69 Å². The highest BCUT2D eigenvalue weighted by molar-refractivity contribution is 5.69. The van der Waals surface area contributed by atoms with Gasteiger partial charge in [-0.05, 0) is 37.6 Å². The summed E-state index contributed by atoms with van der Waals surface area (Å²) in [5, 5.41) is 0. The molecule has 0 unspecified atom stereocenters. The first kappa shape index (κ1) is 12.5. The highest BCUT2D eigenvalue weighted by atomic mass is 16.4. The minimum Gasteiger partial charge on any atom is -0.441 e. The second-order valence-electron chi connectivity index (χ2n) is 4.86. The van der Waals surface area contributed by atoms with Gasteiger partial charge in [0.25, 0.3) is 0 Å². The predicted molar refractivity (Wildman–Crippen MR) is 81.3 cm³/mol. The monoisotopic (exact) mass is 264 g/mol. The molecule has 1 heterocycles. The van der Waals surface area contributed by atoms with Gasteiger partial charge in [0.1, 0.15) is 11.5 Å². The third-order valence-electron chi connectivity index (χ3n) is 3.37. The second-order valence-corrected chi connectivity index (χ2v) is 4.86. The number of oxazole rings is 1. The van der Waals surface area contributed by atoms with Gasteiger partial charge < -0.3 is 10.2 Å². The fraction of sp³-hybridized carbons (Fsp3) is 0.118. The SMILES string of the molecule is Cc1ccc(-c2nc(-c3ccccc3)oc2C)cc1N. The number of benzene rings is 2. The largest absolute Gasteiger partial charge is 0.441 e. The molecule has 0 amide bonds. The molecule has 0 aliphatic heterocycles. The summed E-state index contributed by atoms with van der Waals surface area (Å²) < 4.78 is 5.77. The molecule has 1 aromatic heterocycles. The summed E-state index contributed by atoms with van der Waals surface area (Å²) in [6.07, 6.45) is 0. The van der Waals surface area contributed by atoms with E-state index in [-0.39, 0.29) is 0 Å². The van der Waals surface area contributed by atoms with Crippen LogP contribution in [0.25, 0.3) is 22.7 Å². The van der Waals surface area contributed by atoms with Crippen molar-refractivity contribution in [3.63, 3.8) is 0 Å². The fourth-order valence-electron chi connectivity index (χ4n) is 2.16. The van der Waals surface area contributed by atoms with E-state index in [4.69, 9.17) is 10.2 Å². The molecule has 20 heavy (non-hydrogen) atoms. The van der Waals surface area contributed by atoms with Gasteiger partial charge >= 0.3 is 0 Å². The molecule has 0 spiro atoms. The standard InChI is InChI=1S/C17H16N2O/c1-11-8-9-14(10-15(11)18)16-12(2)20-17(19-16)13-6-4-3-5-7-13/h3-10H,18H2,1-2H3. The van der Waals surface area contributed by atoms with Crippen LogP contribution in [-0.4, -0.2) is 4.98 Å². The highest BCUT2D eigenvalue weighted by Crippen LogP contribution is 2.30. The lowest BCUT2D eigenvalue weighted by Gasteiger charge is -2.02. The number of anilines is 1. The molecular formula is C17H16N2O. The van der Waals surface area contributed by atoms with Crippen molar-refractivity contribution in [1.82, 2.24) is 4.98 Å². The van der Waals surface area contributed by atoms with Crippen LogP contribution in [0, 0.1) is 13.8 Å². The van der Waals surface area contributed by atoms with E-state index in [1.54, 1.807) is 0 Å².